The molecule has 0 amide bonds. The van der Waals surface area contributed by atoms with Gasteiger partial charge < -0.3 is 10.1 Å². The molecule has 0 saturated carbocycles. The summed E-state index contributed by atoms with van der Waals surface area (Å²) in [6.45, 7) is 4.08. The molecule has 2 heterocycles. The molecule has 1 aliphatic rings. The van der Waals surface area contributed by atoms with Crippen molar-refractivity contribution in [3.63, 3.8) is 0 Å². The molecule has 24 heavy (non-hydrogen) atoms. The van der Waals surface area contributed by atoms with E-state index in [0.717, 1.165) is 35.8 Å². The van der Waals surface area contributed by atoms with E-state index in [-0.39, 0.29) is 11.9 Å². The number of hydrogen-bond donors (Lipinski definition) is 1. The fraction of sp³-hybridized carbons (Fsp3) is 0.444. The van der Waals surface area contributed by atoms with E-state index >= 15 is 0 Å². The minimum absolute atomic E-state index is 0.0170. The summed E-state index contributed by atoms with van der Waals surface area (Å²) in [5, 5.41) is 6.57. The van der Waals surface area contributed by atoms with Gasteiger partial charge in [0, 0.05) is 11.8 Å². The molecule has 128 valence electrons. The highest BCUT2D eigenvalue weighted by Crippen LogP contribution is 2.42. The van der Waals surface area contributed by atoms with Crippen LogP contribution in [0.5, 0.6) is 0 Å². The Balaban J connectivity index is 1.73. The van der Waals surface area contributed by atoms with Gasteiger partial charge in [-0.1, -0.05) is 43.5 Å². The molecule has 2 aromatic rings. The van der Waals surface area contributed by atoms with E-state index in [4.69, 9.17) is 16.3 Å². The Kier molecular flexibility index (Phi) is 5.11. The van der Waals surface area contributed by atoms with Crippen LogP contribution in [0.1, 0.15) is 45.2 Å². The number of carbonyl (C=O) groups excluding carboxylic acids is 1. The van der Waals surface area contributed by atoms with E-state index < -0.39 is 5.60 Å². The molecule has 1 aromatic carbocycles. The zero-order chi connectivity index (χ0) is 17.2. The number of carbonyl (C=O) groups is 1. The molecule has 6 heteroatoms. The number of nitrogens with zero attached hydrogens (tertiary/aromatic N) is 1. The lowest BCUT2D eigenvalue weighted by atomic mass is 9.90. The summed E-state index contributed by atoms with van der Waals surface area (Å²) in [5.74, 6) is -0.115. The second kappa shape index (κ2) is 7.11. The second-order valence-corrected chi connectivity index (χ2v) is 7.60. The Morgan fingerprint density at radius 3 is 3.00 bits per heavy atom. The van der Waals surface area contributed by atoms with Gasteiger partial charge in [-0.15, -0.1) is 11.3 Å². The lowest BCUT2D eigenvalue weighted by molar-refractivity contribution is -0.150. The number of thiazole rings is 1. The van der Waals surface area contributed by atoms with Crippen LogP contribution in [0.2, 0.25) is 5.02 Å². The molecule has 0 spiro atoms. The largest absolute Gasteiger partial charge is 0.453 e. The smallest absolute Gasteiger partial charge is 0.310 e. The van der Waals surface area contributed by atoms with Gasteiger partial charge in [-0.3, -0.25) is 4.79 Å². The van der Waals surface area contributed by atoms with Gasteiger partial charge in [0.1, 0.15) is 0 Å². The maximum atomic E-state index is 12.1. The van der Waals surface area contributed by atoms with E-state index in [2.05, 4.69) is 17.2 Å². The number of hydrogen-bond acceptors (Lipinski definition) is 5. The Morgan fingerprint density at radius 2 is 2.25 bits per heavy atom. The SMILES string of the molecule is CCCC[C@H]1C[C@@](C)(c2csc(Nc3ccccc3Cl)n2)OC1=O. The summed E-state index contributed by atoms with van der Waals surface area (Å²) >= 11 is 7.65. The van der Waals surface area contributed by atoms with E-state index in [1.807, 2.05) is 36.6 Å². The average Bonchev–Trinajstić information content (AvgIpc) is 3.13. The molecule has 3 rings (SSSR count). The molecular formula is C18H21ClN2O2S. The Hall–Kier alpha value is -1.59. The molecule has 0 aliphatic carbocycles. The molecule has 1 N–H and O–H groups in total. The van der Waals surface area contributed by atoms with Crippen molar-refractivity contribution in [3.05, 3.63) is 40.4 Å². The fourth-order valence-corrected chi connectivity index (χ4v) is 4.01. The molecule has 4 nitrogen and oxygen atoms in total. The van der Waals surface area contributed by atoms with Gasteiger partial charge in [-0.25, -0.2) is 4.98 Å². The first-order valence-electron chi connectivity index (χ1n) is 8.22. The lowest BCUT2D eigenvalue weighted by Gasteiger charge is -2.20. The molecule has 0 radical (unpaired) electrons. The van der Waals surface area contributed by atoms with Gasteiger partial charge in [0.05, 0.1) is 22.3 Å². The van der Waals surface area contributed by atoms with Gasteiger partial charge in [-0.05, 0) is 25.5 Å². The number of anilines is 2. The summed E-state index contributed by atoms with van der Waals surface area (Å²) in [4.78, 5) is 16.8. The van der Waals surface area contributed by atoms with Crippen molar-refractivity contribution in [2.24, 2.45) is 5.92 Å². The topological polar surface area (TPSA) is 51.2 Å². The molecular weight excluding hydrogens is 344 g/mol. The van der Waals surface area contributed by atoms with Crippen molar-refractivity contribution in [2.45, 2.75) is 45.1 Å². The highest BCUT2D eigenvalue weighted by molar-refractivity contribution is 7.13. The first-order chi connectivity index (χ1) is 11.5. The molecule has 0 bridgehead atoms. The van der Waals surface area contributed by atoms with E-state index in [1.54, 1.807) is 0 Å². The first-order valence-corrected chi connectivity index (χ1v) is 9.48. The van der Waals surface area contributed by atoms with Crippen LogP contribution in [0.15, 0.2) is 29.6 Å². The number of nitrogens with one attached hydrogen (secondary N) is 1. The quantitative estimate of drug-likeness (QED) is 0.687. The second-order valence-electron chi connectivity index (χ2n) is 6.34. The number of esters is 1. The third kappa shape index (κ3) is 3.57. The molecule has 1 saturated heterocycles. The number of para-hydroxylation sites is 1. The zero-order valence-electron chi connectivity index (χ0n) is 13.8. The van der Waals surface area contributed by atoms with Crippen LogP contribution in [0.4, 0.5) is 10.8 Å². The summed E-state index contributed by atoms with van der Waals surface area (Å²) in [7, 11) is 0. The zero-order valence-corrected chi connectivity index (χ0v) is 15.4. The predicted molar refractivity (Wildman–Crippen MR) is 97.9 cm³/mol. The lowest BCUT2D eigenvalue weighted by Crippen LogP contribution is -2.21. The summed E-state index contributed by atoms with van der Waals surface area (Å²) in [6, 6.07) is 7.54. The van der Waals surface area contributed by atoms with Crippen molar-refractivity contribution in [3.8, 4) is 0 Å². The van der Waals surface area contributed by atoms with Gasteiger partial charge >= 0.3 is 5.97 Å². The normalized spacial score (nSPS) is 23.3. The molecule has 1 aliphatic heterocycles. The molecule has 2 atom stereocenters. The van der Waals surface area contributed by atoms with Crippen LogP contribution in [0, 0.1) is 5.92 Å². The Labute approximate surface area is 151 Å². The summed E-state index contributed by atoms with van der Waals surface area (Å²) in [6.07, 6.45) is 3.72. The van der Waals surface area contributed by atoms with Crippen molar-refractivity contribution < 1.29 is 9.53 Å². The highest BCUT2D eigenvalue weighted by Gasteiger charge is 2.45. The third-order valence-corrected chi connectivity index (χ3v) is 5.45. The number of benzene rings is 1. The number of unbranched alkanes of at least 4 members (excludes halogenated alkanes) is 1. The average molecular weight is 365 g/mol. The Morgan fingerprint density at radius 1 is 1.46 bits per heavy atom. The number of halogens is 1. The predicted octanol–water partition coefficient (Wildman–Crippen LogP) is 5.51. The van der Waals surface area contributed by atoms with E-state index in [9.17, 15) is 4.79 Å². The van der Waals surface area contributed by atoms with Crippen molar-refractivity contribution in [2.75, 3.05) is 5.32 Å². The molecule has 0 unspecified atom stereocenters. The summed E-state index contributed by atoms with van der Waals surface area (Å²) in [5.41, 5.74) is 0.982. The maximum absolute atomic E-state index is 12.1. The van der Waals surface area contributed by atoms with Crippen LogP contribution in [-0.2, 0) is 15.1 Å². The van der Waals surface area contributed by atoms with Crippen LogP contribution in [-0.4, -0.2) is 11.0 Å². The third-order valence-electron chi connectivity index (χ3n) is 4.36. The number of aromatic nitrogens is 1. The van der Waals surface area contributed by atoms with Crippen LogP contribution in [0.3, 0.4) is 0 Å². The van der Waals surface area contributed by atoms with Crippen molar-refractivity contribution >= 4 is 39.7 Å². The first kappa shape index (κ1) is 17.2. The standard InChI is InChI=1S/C18H21ClN2O2S/c1-3-4-7-12-10-18(2,23-16(12)22)15-11-24-17(21-15)20-14-9-6-5-8-13(14)19/h5-6,8-9,11-12H,3-4,7,10H2,1-2H3,(H,20,21)/t12-,18-/m0/s1. The van der Waals surface area contributed by atoms with E-state index in [1.165, 1.54) is 11.3 Å². The van der Waals surface area contributed by atoms with Crippen LogP contribution < -0.4 is 5.32 Å². The number of cyclic esters (lactones) is 1. The Bertz CT molecular complexity index is 733. The van der Waals surface area contributed by atoms with Gasteiger partial charge in [0.15, 0.2) is 10.7 Å². The minimum Gasteiger partial charge on any atom is -0.453 e. The number of ether oxygens (including phenoxy) is 1. The van der Waals surface area contributed by atoms with Gasteiger partial charge in [0.2, 0.25) is 0 Å². The van der Waals surface area contributed by atoms with Gasteiger partial charge in [0.25, 0.3) is 0 Å². The van der Waals surface area contributed by atoms with Gasteiger partial charge in [-0.2, -0.15) is 0 Å². The highest BCUT2D eigenvalue weighted by atomic mass is 35.5. The minimum atomic E-state index is -0.633. The fourth-order valence-electron chi connectivity index (χ4n) is 2.98. The van der Waals surface area contributed by atoms with Crippen LogP contribution >= 0.6 is 22.9 Å². The van der Waals surface area contributed by atoms with E-state index in [0.29, 0.717) is 11.4 Å². The number of rotatable bonds is 6. The van der Waals surface area contributed by atoms with Crippen LogP contribution in [0.25, 0.3) is 0 Å². The summed E-state index contributed by atoms with van der Waals surface area (Å²) < 4.78 is 5.68. The molecule has 1 aromatic heterocycles. The maximum Gasteiger partial charge on any atom is 0.310 e. The monoisotopic (exact) mass is 364 g/mol. The van der Waals surface area contributed by atoms with Crippen molar-refractivity contribution in [1.29, 1.82) is 0 Å². The molecule has 1 fully saturated rings. The van der Waals surface area contributed by atoms with Crippen molar-refractivity contribution in [1.82, 2.24) is 4.98 Å².